The molecule has 0 aromatic heterocycles. The van der Waals surface area contributed by atoms with E-state index in [9.17, 15) is 13.6 Å². The molecule has 0 radical (unpaired) electrons. The van der Waals surface area contributed by atoms with Crippen LogP contribution in [0, 0.1) is 17.0 Å². The second-order valence-electron chi connectivity index (χ2n) is 6.90. The molecule has 3 rings (SSSR count). The average Bonchev–Trinajstić information content (AvgIpc) is 2.94. The Bertz CT molecular complexity index is 559. The maximum absolute atomic E-state index is 13.7. The average molecular weight is 323 g/mol. The molecule has 2 fully saturated rings. The fraction of sp³-hybridized carbons (Fsp3) is 0.588. The van der Waals surface area contributed by atoms with E-state index >= 15 is 0 Å². The first kappa shape index (κ1) is 16.3. The van der Waals surface area contributed by atoms with Crippen LogP contribution in [0.25, 0.3) is 0 Å². The highest BCUT2D eigenvalue weighted by atomic mass is 19.1. The summed E-state index contributed by atoms with van der Waals surface area (Å²) in [6, 6.07) is 3.52. The van der Waals surface area contributed by atoms with E-state index in [1.165, 1.54) is 6.07 Å². The third-order valence-electron chi connectivity index (χ3n) is 4.90. The number of carbonyl (C=O) groups excluding carboxylic acids is 1. The van der Waals surface area contributed by atoms with Crippen LogP contribution in [-0.2, 0) is 0 Å². The summed E-state index contributed by atoms with van der Waals surface area (Å²) < 4.78 is 27.5. The normalized spacial score (nSPS) is 25.8. The molecular formula is C17H23F2N3O. The van der Waals surface area contributed by atoms with E-state index < -0.39 is 23.1 Å². The standard InChI is InChI=1S/C17H23F2N3O/c1-17(5-6-20-11-17)12-21-7-9-22(10-8-21)16(23)15-13(18)3-2-4-14(15)19/h2-4,20H,5-12H2,1H3. The van der Waals surface area contributed by atoms with Crippen molar-refractivity contribution in [3.63, 3.8) is 0 Å². The number of hydrogen-bond donors (Lipinski definition) is 1. The van der Waals surface area contributed by atoms with Crippen LogP contribution in [0.3, 0.4) is 0 Å². The van der Waals surface area contributed by atoms with Gasteiger partial charge in [-0.2, -0.15) is 0 Å². The van der Waals surface area contributed by atoms with Crippen LogP contribution in [-0.4, -0.2) is 61.5 Å². The Morgan fingerprint density at radius 3 is 2.43 bits per heavy atom. The third-order valence-corrected chi connectivity index (χ3v) is 4.90. The van der Waals surface area contributed by atoms with Gasteiger partial charge in [-0.15, -0.1) is 0 Å². The first-order valence-electron chi connectivity index (χ1n) is 8.15. The van der Waals surface area contributed by atoms with Crippen LogP contribution in [0.2, 0.25) is 0 Å². The number of halogens is 2. The maximum Gasteiger partial charge on any atom is 0.259 e. The highest BCUT2D eigenvalue weighted by molar-refractivity contribution is 5.94. The zero-order valence-corrected chi connectivity index (χ0v) is 13.4. The van der Waals surface area contributed by atoms with Gasteiger partial charge in [0, 0.05) is 39.3 Å². The molecule has 1 aromatic rings. The Labute approximate surface area is 135 Å². The molecule has 2 saturated heterocycles. The lowest BCUT2D eigenvalue weighted by molar-refractivity contribution is 0.0573. The molecule has 0 aliphatic carbocycles. The predicted octanol–water partition coefficient (Wildman–Crippen LogP) is 1.72. The number of nitrogens with zero attached hydrogens (tertiary/aromatic N) is 2. The zero-order chi connectivity index (χ0) is 16.4. The quantitative estimate of drug-likeness (QED) is 0.920. The summed E-state index contributed by atoms with van der Waals surface area (Å²) in [7, 11) is 0. The molecule has 2 aliphatic rings. The van der Waals surface area contributed by atoms with Crippen molar-refractivity contribution < 1.29 is 13.6 Å². The van der Waals surface area contributed by atoms with Gasteiger partial charge in [0.2, 0.25) is 0 Å². The highest BCUT2D eigenvalue weighted by Crippen LogP contribution is 2.26. The lowest BCUT2D eigenvalue weighted by atomic mass is 9.89. The molecule has 0 saturated carbocycles. The highest BCUT2D eigenvalue weighted by Gasteiger charge is 2.33. The summed E-state index contributed by atoms with van der Waals surface area (Å²) in [4.78, 5) is 16.3. The Kier molecular flexibility index (Phi) is 4.64. The number of piperazine rings is 1. The molecule has 1 aromatic carbocycles. The van der Waals surface area contributed by atoms with Crippen molar-refractivity contribution in [1.29, 1.82) is 0 Å². The monoisotopic (exact) mass is 323 g/mol. The van der Waals surface area contributed by atoms with Gasteiger partial charge in [-0.25, -0.2) is 8.78 Å². The number of amides is 1. The minimum Gasteiger partial charge on any atom is -0.336 e. The number of benzene rings is 1. The van der Waals surface area contributed by atoms with Gasteiger partial charge in [-0.3, -0.25) is 9.69 Å². The lowest BCUT2D eigenvalue weighted by Crippen LogP contribution is -2.51. The maximum atomic E-state index is 13.7. The number of hydrogen-bond acceptors (Lipinski definition) is 3. The van der Waals surface area contributed by atoms with Crippen molar-refractivity contribution in [3.8, 4) is 0 Å². The molecule has 0 spiro atoms. The van der Waals surface area contributed by atoms with Crippen molar-refractivity contribution in [3.05, 3.63) is 35.4 Å². The van der Waals surface area contributed by atoms with Gasteiger partial charge in [0.05, 0.1) is 0 Å². The van der Waals surface area contributed by atoms with Crippen LogP contribution in [0.1, 0.15) is 23.7 Å². The molecule has 0 bridgehead atoms. The van der Waals surface area contributed by atoms with Gasteiger partial charge in [-0.05, 0) is 30.5 Å². The van der Waals surface area contributed by atoms with Crippen LogP contribution in [0.4, 0.5) is 8.78 Å². The minimum absolute atomic E-state index is 0.282. The number of carbonyl (C=O) groups is 1. The largest absolute Gasteiger partial charge is 0.336 e. The summed E-state index contributed by atoms with van der Waals surface area (Å²) in [5, 5.41) is 3.39. The van der Waals surface area contributed by atoms with E-state index in [1.807, 2.05) is 0 Å². The van der Waals surface area contributed by atoms with Crippen LogP contribution in [0.5, 0.6) is 0 Å². The molecule has 126 valence electrons. The topological polar surface area (TPSA) is 35.6 Å². The summed E-state index contributed by atoms with van der Waals surface area (Å²) in [5.41, 5.74) is -0.156. The SMILES string of the molecule is CC1(CN2CCN(C(=O)c3c(F)cccc3F)CC2)CCNC1. The molecule has 2 aliphatic heterocycles. The fourth-order valence-electron chi connectivity index (χ4n) is 3.51. The Morgan fingerprint density at radius 1 is 1.22 bits per heavy atom. The Hall–Kier alpha value is -1.53. The first-order chi connectivity index (χ1) is 11.0. The summed E-state index contributed by atoms with van der Waals surface area (Å²) in [6.07, 6.45) is 1.16. The molecule has 1 N–H and O–H groups in total. The van der Waals surface area contributed by atoms with E-state index in [4.69, 9.17) is 0 Å². The second kappa shape index (κ2) is 6.53. The van der Waals surface area contributed by atoms with Crippen molar-refractivity contribution in [1.82, 2.24) is 15.1 Å². The Morgan fingerprint density at radius 2 is 1.87 bits per heavy atom. The smallest absolute Gasteiger partial charge is 0.259 e. The van der Waals surface area contributed by atoms with Gasteiger partial charge in [0.15, 0.2) is 0 Å². The minimum atomic E-state index is -0.790. The molecule has 1 unspecified atom stereocenters. The number of nitrogens with one attached hydrogen (secondary N) is 1. The van der Waals surface area contributed by atoms with E-state index in [0.29, 0.717) is 13.1 Å². The fourth-order valence-corrected chi connectivity index (χ4v) is 3.51. The summed E-state index contributed by atoms with van der Waals surface area (Å²) in [5.74, 6) is -2.13. The van der Waals surface area contributed by atoms with E-state index in [2.05, 4.69) is 17.1 Å². The molecule has 6 heteroatoms. The molecular weight excluding hydrogens is 300 g/mol. The van der Waals surface area contributed by atoms with Crippen LogP contribution in [0.15, 0.2) is 18.2 Å². The van der Waals surface area contributed by atoms with Gasteiger partial charge in [0.1, 0.15) is 17.2 Å². The molecule has 4 nitrogen and oxygen atoms in total. The van der Waals surface area contributed by atoms with Gasteiger partial charge < -0.3 is 10.2 Å². The van der Waals surface area contributed by atoms with Crippen LogP contribution < -0.4 is 5.32 Å². The van der Waals surface area contributed by atoms with Crippen molar-refractivity contribution in [2.45, 2.75) is 13.3 Å². The van der Waals surface area contributed by atoms with E-state index in [1.54, 1.807) is 4.90 Å². The number of rotatable bonds is 3. The van der Waals surface area contributed by atoms with Gasteiger partial charge in [-0.1, -0.05) is 13.0 Å². The molecule has 1 amide bonds. The zero-order valence-electron chi connectivity index (χ0n) is 13.4. The van der Waals surface area contributed by atoms with Crippen LogP contribution >= 0.6 is 0 Å². The van der Waals surface area contributed by atoms with Gasteiger partial charge >= 0.3 is 0 Å². The van der Waals surface area contributed by atoms with E-state index in [0.717, 1.165) is 51.3 Å². The predicted molar refractivity (Wildman–Crippen MR) is 84.3 cm³/mol. The van der Waals surface area contributed by atoms with E-state index in [-0.39, 0.29) is 5.41 Å². The molecule has 23 heavy (non-hydrogen) atoms. The summed E-state index contributed by atoms with van der Waals surface area (Å²) >= 11 is 0. The van der Waals surface area contributed by atoms with Crippen molar-refractivity contribution in [2.24, 2.45) is 5.41 Å². The molecule has 1 atom stereocenters. The second-order valence-corrected chi connectivity index (χ2v) is 6.90. The lowest BCUT2D eigenvalue weighted by Gasteiger charge is -2.38. The third kappa shape index (κ3) is 3.53. The first-order valence-corrected chi connectivity index (χ1v) is 8.15. The van der Waals surface area contributed by atoms with Gasteiger partial charge in [0.25, 0.3) is 5.91 Å². The molecule has 2 heterocycles. The summed E-state index contributed by atoms with van der Waals surface area (Å²) in [6.45, 7) is 7.87. The van der Waals surface area contributed by atoms with Crippen molar-refractivity contribution >= 4 is 5.91 Å². The Balaban J connectivity index is 1.59. The van der Waals surface area contributed by atoms with Crippen molar-refractivity contribution in [2.75, 3.05) is 45.8 Å².